The van der Waals surface area contributed by atoms with Crippen molar-refractivity contribution in [3.8, 4) is 59.5 Å². The average molecular weight is 431 g/mol. The normalized spacial score (nSPS) is 12.2. The van der Waals surface area contributed by atoms with Crippen molar-refractivity contribution in [2.24, 2.45) is 0 Å². The third-order valence-electron chi connectivity index (χ3n) is 6.83. The molecule has 0 heteroatoms. The van der Waals surface area contributed by atoms with Gasteiger partial charge in [-0.2, -0.15) is 0 Å². The molecule has 0 aliphatic heterocycles. The summed E-state index contributed by atoms with van der Waals surface area (Å²) in [6.07, 6.45) is 23.2. The lowest BCUT2D eigenvalue weighted by Gasteiger charge is -2.33. The van der Waals surface area contributed by atoms with Gasteiger partial charge in [0.15, 0.2) is 0 Å². The molecule has 0 spiro atoms. The number of rotatable bonds is 10. The van der Waals surface area contributed by atoms with Crippen LogP contribution in [0.15, 0.2) is 36.4 Å². The Labute approximate surface area is 201 Å². The van der Waals surface area contributed by atoms with Crippen LogP contribution in [0.4, 0.5) is 0 Å². The number of unbranched alkanes of at least 4 members (excludes halogenated alkanes) is 6. The van der Waals surface area contributed by atoms with Crippen LogP contribution in [0.25, 0.3) is 11.1 Å². The van der Waals surface area contributed by atoms with Crippen LogP contribution in [0.1, 0.15) is 100 Å². The van der Waals surface area contributed by atoms with Gasteiger partial charge in [-0.1, -0.05) is 89.2 Å². The predicted molar refractivity (Wildman–Crippen MR) is 142 cm³/mol. The van der Waals surface area contributed by atoms with Crippen molar-refractivity contribution in [3.05, 3.63) is 58.7 Å². The van der Waals surface area contributed by atoms with Gasteiger partial charge in [-0.3, -0.25) is 0 Å². The summed E-state index contributed by atoms with van der Waals surface area (Å²) in [5.74, 6) is 16.8. The van der Waals surface area contributed by atoms with Crippen molar-refractivity contribution in [3.63, 3.8) is 0 Å². The number of terminal acetylenes is 2. The first kappa shape index (κ1) is 24.3. The summed E-state index contributed by atoms with van der Waals surface area (Å²) in [4.78, 5) is 0. The van der Waals surface area contributed by atoms with Crippen LogP contribution in [-0.4, -0.2) is 0 Å². The molecule has 0 bridgehead atoms. The largest absolute Gasteiger partial charge is 0.106 e. The summed E-state index contributed by atoms with van der Waals surface area (Å²) in [5, 5.41) is 0. The second-order valence-electron chi connectivity index (χ2n) is 9.01. The smallest absolute Gasteiger partial charge is 0.0259 e. The maximum Gasteiger partial charge on any atom is 0.0259 e. The van der Waals surface area contributed by atoms with Crippen molar-refractivity contribution >= 4 is 0 Å². The summed E-state index contributed by atoms with van der Waals surface area (Å²) in [6, 6.07) is 13.3. The van der Waals surface area contributed by atoms with E-state index in [1.807, 2.05) is 0 Å². The van der Waals surface area contributed by atoms with Crippen LogP contribution < -0.4 is 0 Å². The molecule has 0 nitrogen and oxygen atoms in total. The highest BCUT2D eigenvalue weighted by Crippen LogP contribution is 2.54. The quantitative estimate of drug-likeness (QED) is 0.266. The molecule has 0 fully saturated rings. The molecule has 0 saturated carbocycles. The number of hydrogen-bond acceptors (Lipinski definition) is 0. The molecule has 2 aromatic rings. The Balaban J connectivity index is 2.15. The van der Waals surface area contributed by atoms with Crippen molar-refractivity contribution in [1.82, 2.24) is 0 Å². The molecular formula is C33H34. The van der Waals surface area contributed by atoms with E-state index in [4.69, 9.17) is 12.8 Å². The van der Waals surface area contributed by atoms with Crippen LogP contribution >= 0.6 is 0 Å². The van der Waals surface area contributed by atoms with Crippen LogP contribution in [0.5, 0.6) is 0 Å². The Morgan fingerprint density at radius 1 is 0.636 bits per heavy atom. The van der Waals surface area contributed by atoms with Crippen molar-refractivity contribution in [2.45, 2.75) is 83.5 Å². The van der Waals surface area contributed by atoms with Crippen molar-refractivity contribution < 1.29 is 0 Å². The second kappa shape index (κ2) is 12.1. The molecule has 0 saturated heterocycles. The summed E-state index contributed by atoms with van der Waals surface area (Å²) >= 11 is 0. The monoisotopic (exact) mass is 430 g/mol. The molecule has 0 heterocycles. The number of fused-ring (bicyclic) bond motifs is 3. The standard InChI is InChI=1S/C33H34/c1-5-9-13-15-23-33(24-16-14-10-6-2)31-25-27(17-11-7-3)19-21-29(31)30-22-20-28(18-12-8-4)26-32(30)33/h3-4,19-22,25-26H,5-6,9-10,13-16,23-24H2,1-2H3. The molecule has 2 aromatic carbocycles. The van der Waals surface area contributed by atoms with Crippen molar-refractivity contribution in [1.29, 1.82) is 0 Å². The Morgan fingerprint density at radius 2 is 1.09 bits per heavy atom. The highest BCUT2D eigenvalue weighted by atomic mass is 14.4. The van der Waals surface area contributed by atoms with Crippen LogP contribution in [0.3, 0.4) is 0 Å². The minimum Gasteiger partial charge on any atom is -0.106 e. The molecule has 0 aromatic heterocycles. The van der Waals surface area contributed by atoms with Gasteiger partial charge >= 0.3 is 0 Å². The first-order valence-corrected chi connectivity index (χ1v) is 12.4. The van der Waals surface area contributed by atoms with Gasteiger partial charge in [0.25, 0.3) is 0 Å². The van der Waals surface area contributed by atoms with E-state index >= 15 is 0 Å². The lowest BCUT2D eigenvalue weighted by Crippen LogP contribution is -2.26. The van der Waals surface area contributed by atoms with Gasteiger partial charge in [-0.25, -0.2) is 0 Å². The molecule has 1 aliphatic carbocycles. The first-order chi connectivity index (χ1) is 16.2. The second-order valence-corrected chi connectivity index (χ2v) is 9.01. The van der Waals surface area contributed by atoms with Gasteiger partial charge in [-0.15, -0.1) is 12.8 Å². The fraction of sp³-hybridized carbons (Fsp3) is 0.394. The zero-order valence-corrected chi connectivity index (χ0v) is 20.2. The molecule has 3 rings (SSSR count). The van der Waals surface area contributed by atoms with Crippen LogP contribution in [0.2, 0.25) is 0 Å². The maximum atomic E-state index is 5.41. The lowest BCUT2D eigenvalue weighted by molar-refractivity contribution is 0.401. The molecule has 0 N–H and O–H groups in total. The van der Waals surface area contributed by atoms with Gasteiger partial charge < -0.3 is 0 Å². The highest BCUT2D eigenvalue weighted by Gasteiger charge is 2.42. The van der Waals surface area contributed by atoms with Gasteiger partial charge in [0.2, 0.25) is 0 Å². The molecule has 166 valence electrons. The van der Waals surface area contributed by atoms with E-state index in [1.165, 1.54) is 73.6 Å². The van der Waals surface area contributed by atoms with E-state index in [-0.39, 0.29) is 5.41 Å². The molecule has 0 atom stereocenters. The van der Waals surface area contributed by atoms with E-state index in [2.05, 4.69) is 85.8 Å². The van der Waals surface area contributed by atoms with Crippen LogP contribution in [-0.2, 0) is 5.41 Å². The van der Waals surface area contributed by atoms with Gasteiger partial charge in [0, 0.05) is 16.5 Å². The molecular weight excluding hydrogens is 396 g/mol. The zero-order valence-electron chi connectivity index (χ0n) is 20.2. The Kier molecular flexibility index (Phi) is 8.89. The average Bonchev–Trinajstić information content (AvgIpc) is 3.10. The minimum atomic E-state index is -0.00613. The Hall–Kier alpha value is -3.32. The van der Waals surface area contributed by atoms with E-state index in [9.17, 15) is 0 Å². The van der Waals surface area contributed by atoms with Crippen LogP contribution in [0, 0.1) is 48.4 Å². The SMILES string of the molecule is C#CC#Cc1ccc2c(c1)C(CCCCCC)(CCCCCC)c1cc(C#CC#C)ccc1-2. The summed E-state index contributed by atoms with van der Waals surface area (Å²) in [6.45, 7) is 4.54. The van der Waals surface area contributed by atoms with E-state index in [1.54, 1.807) is 0 Å². The molecule has 1 aliphatic rings. The topological polar surface area (TPSA) is 0 Å². The minimum absolute atomic E-state index is 0.00613. The molecule has 0 amide bonds. The number of hydrogen-bond donors (Lipinski definition) is 0. The fourth-order valence-electron chi connectivity index (χ4n) is 5.24. The van der Waals surface area contributed by atoms with Gasteiger partial charge in [0.05, 0.1) is 0 Å². The maximum absolute atomic E-state index is 5.41. The zero-order chi connectivity index (χ0) is 23.5. The molecule has 0 radical (unpaired) electrons. The van der Waals surface area contributed by atoms with E-state index in [0.717, 1.165) is 24.0 Å². The van der Waals surface area contributed by atoms with E-state index in [0.29, 0.717) is 0 Å². The summed E-state index contributed by atoms with van der Waals surface area (Å²) in [7, 11) is 0. The van der Waals surface area contributed by atoms with Gasteiger partial charge in [-0.05, 0) is 83.0 Å². The summed E-state index contributed by atoms with van der Waals surface area (Å²) < 4.78 is 0. The van der Waals surface area contributed by atoms with E-state index < -0.39 is 0 Å². The van der Waals surface area contributed by atoms with Crippen molar-refractivity contribution in [2.75, 3.05) is 0 Å². The Morgan fingerprint density at radius 3 is 1.48 bits per heavy atom. The first-order valence-electron chi connectivity index (χ1n) is 12.4. The lowest BCUT2D eigenvalue weighted by atomic mass is 9.70. The number of benzene rings is 2. The Bertz CT molecular complexity index is 1080. The molecule has 0 unspecified atom stereocenters. The predicted octanol–water partition coefficient (Wildman–Crippen LogP) is 7.86. The van der Waals surface area contributed by atoms with Gasteiger partial charge in [0.1, 0.15) is 0 Å². The third kappa shape index (κ3) is 5.54. The fourth-order valence-corrected chi connectivity index (χ4v) is 5.24. The third-order valence-corrected chi connectivity index (χ3v) is 6.83. The summed E-state index contributed by atoms with van der Waals surface area (Å²) in [5.41, 5.74) is 7.48. The molecule has 33 heavy (non-hydrogen) atoms. The highest BCUT2D eigenvalue weighted by molar-refractivity contribution is 5.82.